The van der Waals surface area contributed by atoms with Gasteiger partial charge >= 0.3 is 0 Å². The highest BCUT2D eigenvalue weighted by molar-refractivity contribution is 6.30. The number of halogens is 1. The van der Waals surface area contributed by atoms with Crippen LogP contribution in [-0.2, 0) is 6.54 Å². The maximum absolute atomic E-state index is 10.9. The number of ether oxygens (including phenoxy) is 2. The molecule has 1 saturated heterocycles. The van der Waals surface area contributed by atoms with Gasteiger partial charge < -0.3 is 14.6 Å². The molecule has 6 heteroatoms. The van der Waals surface area contributed by atoms with Crippen molar-refractivity contribution >= 4 is 11.6 Å². The summed E-state index contributed by atoms with van der Waals surface area (Å²) in [6.45, 7) is 13.4. The summed E-state index contributed by atoms with van der Waals surface area (Å²) in [5.74, 6) is 1.61. The minimum Gasteiger partial charge on any atom is -0.492 e. The standard InChI is InChI=1S/C27H39ClN2O3/c1-21(2)30(22(3)4)16-17-32-25-10-8-23(9-11-25)19-29-14-12-27(31,13-15-29)20-33-26-7-5-6-24(28)18-26/h5-11,18,21-22,31H,12-17,19-20H2,1-4H3. The molecule has 0 saturated carbocycles. The molecular weight excluding hydrogens is 436 g/mol. The Morgan fingerprint density at radius 2 is 1.64 bits per heavy atom. The predicted molar refractivity (Wildman–Crippen MR) is 135 cm³/mol. The van der Waals surface area contributed by atoms with E-state index in [1.54, 1.807) is 6.07 Å². The van der Waals surface area contributed by atoms with Crippen LogP contribution in [0, 0.1) is 0 Å². The Morgan fingerprint density at radius 3 is 2.24 bits per heavy atom. The lowest BCUT2D eigenvalue weighted by Gasteiger charge is -2.38. The Labute approximate surface area is 204 Å². The summed E-state index contributed by atoms with van der Waals surface area (Å²) in [5.41, 5.74) is 0.463. The van der Waals surface area contributed by atoms with Crippen molar-refractivity contribution in [1.82, 2.24) is 9.80 Å². The van der Waals surface area contributed by atoms with E-state index < -0.39 is 5.60 Å². The number of rotatable bonds is 11. The summed E-state index contributed by atoms with van der Waals surface area (Å²) in [5, 5.41) is 11.5. The highest BCUT2D eigenvalue weighted by Gasteiger charge is 2.33. The minimum atomic E-state index is -0.795. The van der Waals surface area contributed by atoms with Gasteiger partial charge in [0.1, 0.15) is 30.3 Å². The first-order chi connectivity index (χ1) is 15.7. The number of hydrogen-bond donors (Lipinski definition) is 1. The normalized spacial score (nSPS) is 16.5. The summed E-state index contributed by atoms with van der Waals surface area (Å²) in [6.07, 6.45) is 1.38. The Bertz CT molecular complexity index is 841. The molecule has 0 amide bonds. The van der Waals surface area contributed by atoms with Gasteiger partial charge in [0.25, 0.3) is 0 Å². The third kappa shape index (κ3) is 8.18. The van der Waals surface area contributed by atoms with E-state index in [9.17, 15) is 5.11 Å². The second-order valence-corrected chi connectivity index (χ2v) is 10.1. The van der Waals surface area contributed by atoms with Gasteiger partial charge in [-0.1, -0.05) is 29.8 Å². The first-order valence-corrected chi connectivity index (χ1v) is 12.4. The van der Waals surface area contributed by atoms with Crippen LogP contribution in [0.1, 0.15) is 46.1 Å². The molecule has 1 aliphatic heterocycles. The number of aliphatic hydroxyl groups is 1. The zero-order valence-corrected chi connectivity index (χ0v) is 21.2. The number of hydrogen-bond acceptors (Lipinski definition) is 5. The van der Waals surface area contributed by atoms with E-state index in [-0.39, 0.29) is 6.61 Å². The molecule has 0 unspecified atom stereocenters. The fourth-order valence-corrected chi connectivity index (χ4v) is 4.56. The monoisotopic (exact) mass is 474 g/mol. The Morgan fingerprint density at radius 1 is 0.970 bits per heavy atom. The van der Waals surface area contributed by atoms with Gasteiger partial charge in [-0.15, -0.1) is 0 Å². The number of benzene rings is 2. The first-order valence-electron chi connectivity index (χ1n) is 12.0. The molecule has 0 aromatic heterocycles. The Kier molecular flexibility index (Phi) is 9.45. The van der Waals surface area contributed by atoms with Crippen molar-refractivity contribution < 1.29 is 14.6 Å². The number of likely N-dealkylation sites (tertiary alicyclic amines) is 1. The molecule has 2 aromatic rings. The van der Waals surface area contributed by atoms with Crippen molar-refractivity contribution in [1.29, 1.82) is 0 Å². The average molecular weight is 475 g/mol. The molecule has 182 valence electrons. The fraction of sp³-hybridized carbons (Fsp3) is 0.556. The third-order valence-electron chi connectivity index (χ3n) is 6.36. The third-order valence-corrected chi connectivity index (χ3v) is 6.60. The van der Waals surface area contributed by atoms with Gasteiger partial charge in [-0.25, -0.2) is 0 Å². The maximum Gasteiger partial charge on any atom is 0.120 e. The van der Waals surface area contributed by atoms with Gasteiger partial charge in [0.05, 0.1) is 0 Å². The van der Waals surface area contributed by atoms with Crippen LogP contribution in [0.4, 0.5) is 0 Å². The Hall–Kier alpha value is -1.79. The maximum atomic E-state index is 10.9. The zero-order valence-electron chi connectivity index (χ0n) is 20.5. The van der Waals surface area contributed by atoms with Crippen LogP contribution >= 0.6 is 11.6 Å². The second kappa shape index (κ2) is 12.1. The van der Waals surface area contributed by atoms with Crippen molar-refractivity contribution in [2.24, 2.45) is 0 Å². The van der Waals surface area contributed by atoms with Crippen molar-refractivity contribution in [3.05, 3.63) is 59.1 Å². The molecule has 0 atom stereocenters. The molecule has 0 radical (unpaired) electrons. The van der Waals surface area contributed by atoms with E-state index in [1.807, 2.05) is 18.2 Å². The van der Waals surface area contributed by atoms with E-state index in [1.165, 1.54) is 5.56 Å². The molecule has 1 heterocycles. The van der Waals surface area contributed by atoms with Gasteiger partial charge in [0.15, 0.2) is 0 Å². The van der Waals surface area contributed by atoms with Crippen molar-refractivity contribution in [2.75, 3.05) is 32.8 Å². The predicted octanol–water partition coefficient (Wildman–Crippen LogP) is 5.24. The molecule has 0 spiro atoms. The van der Waals surface area contributed by atoms with E-state index in [4.69, 9.17) is 21.1 Å². The lowest BCUT2D eigenvalue weighted by molar-refractivity contribution is -0.0537. The van der Waals surface area contributed by atoms with E-state index in [2.05, 4.69) is 61.8 Å². The largest absolute Gasteiger partial charge is 0.492 e. The Balaban J connectivity index is 1.40. The molecule has 1 fully saturated rings. The second-order valence-electron chi connectivity index (χ2n) is 9.66. The summed E-state index contributed by atoms with van der Waals surface area (Å²) in [4.78, 5) is 4.82. The molecule has 0 bridgehead atoms. The van der Waals surface area contributed by atoms with E-state index in [0.29, 0.717) is 42.3 Å². The van der Waals surface area contributed by atoms with Gasteiger partial charge in [-0.3, -0.25) is 9.80 Å². The first kappa shape index (κ1) is 25.8. The lowest BCUT2D eigenvalue weighted by atomic mass is 9.92. The summed E-state index contributed by atoms with van der Waals surface area (Å²) in [6, 6.07) is 16.7. The van der Waals surface area contributed by atoms with Crippen molar-refractivity contribution in [3.63, 3.8) is 0 Å². The number of nitrogens with zero attached hydrogens (tertiary/aromatic N) is 2. The van der Waals surface area contributed by atoms with Gasteiger partial charge in [-0.05, 0) is 76.4 Å². The van der Waals surface area contributed by atoms with Crippen LogP contribution in [0.2, 0.25) is 5.02 Å². The smallest absolute Gasteiger partial charge is 0.120 e. The molecule has 3 rings (SSSR count). The molecule has 33 heavy (non-hydrogen) atoms. The van der Waals surface area contributed by atoms with Crippen LogP contribution in [0.15, 0.2) is 48.5 Å². The average Bonchev–Trinajstić information content (AvgIpc) is 2.78. The topological polar surface area (TPSA) is 45.2 Å². The molecule has 2 aromatic carbocycles. The summed E-state index contributed by atoms with van der Waals surface area (Å²) < 4.78 is 11.8. The summed E-state index contributed by atoms with van der Waals surface area (Å²) in [7, 11) is 0. The molecular formula is C27H39ClN2O3. The van der Waals surface area contributed by atoms with Crippen LogP contribution < -0.4 is 9.47 Å². The van der Waals surface area contributed by atoms with Gasteiger partial charge in [0, 0.05) is 43.3 Å². The lowest BCUT2D eigenvalue weighted by Crippen LogP contribution is -2.47. The van der Waals surface area contributed by atoms with Gasteiger partial charge in [0.2, 0.25) is 0 Å². The van der Waals surface area contributed by atoms with Crippen LogP contribution in [0.3, 0.4) is 0 Å². The highest BCUT2D eigenvalue weighted by Crippen LogP contribution is 2.26. The van der Waals surface area contributed by atoms with Crippen LogP contribution in [0.25, 0.3) is 0 Å². The SMILES string of the molecule is CC(C)N(CCOc1ccc(CN2CCC(O)(COc3cccc(Cl)c3)CC2)cc1)C(C)C. The zero-order chi connectivity index (χ0) is 23.8. The van der Waals surface area contributed by atoms with Crippen molar-refractivity contribution in [3.8, 4) is 11.5 Å². The quantitative estimate of drug-likeness (QED) is 0.482. The number of piperidine rings is 1. The molecule has 1 aliphatic rings. The van der Waals surface area contributed by atoms with Crippen LogP contribution in [-0.4, -0.2) is 65.4 Å². The van der Waals surface area contributed by atoms with E-state index in [0.717, 1.165) is 31.9 Å². The van der Waals surface area contributed by atoms with Crippen molar-refractivity contribution in [2.45, 2.75) is 64.8 Å². The van der Waals surface area contributed by atoms with E-state index >= 15 is 0 Å². The fourth-order valence-electron chi connectivity index (χ4n) is 4.38. The minimum absolute atomic E-state index is 0.290. The summed E-state index contributed by atoms with van der Waals surface area (Å²) >= 11 is 6.01. The molecule has 1 N–H and O–H groups in total. The highest BCUT2D eigenvalue weighted by atomic mass is 35.5. The van der Waals surface area contributed by atoms with Gasteiger partial charge in [-0.2, -0.15) is 0 Å². The molecule has 0 aliphatic carbocycles. The molecule has 5 nitrogen and oxygen atoms in total. The van der Waals surface area contributed by atoms with Crippen LogP contribution in [0.5, 0.6) is 11.5 Å².